The van der Waals surface area contributed by atoms with Crippen molar-refractivity contribution in [3.8, 4) is 17.2 Å². The third-order valence-electron chi connectivity index (χ3n) is 5.31. The molecule has 1 aliphatic carbocycles. The van der Waals surface area contributed by atoms with Crippen molar-refractivity contribution < 1.29 is 14.6 Å². The molecule has 1 aliphatic rings. The standard InChI is InChI=1S/C26H29NO3/c1-18-3-10-23(11-4-18)29-17-21-15-20(25(28)16-27-22-8-9-22)7-14-26(21)30-24-12-5-19(2)6-13-24/h3-7,10-15,22,25,27-28H,8-9,16-17H2,1-2H3. The summed E-state index contributed by atoms with van der Waals surface area (Å²) in [5, 5.41) is 14.0. The van der Waals surface area contributed by atoms with Crippen LogP contribution in [0.25, 0.3) is 0 Å². The normalized spacial score (nSPS) is 14.4. The van der Waals surface area contributed by atoms with Gasteiger partial charge in [0.05, 0.1) is 6.10 Å². The summed E-state index contributed by atoms with van der Waals surface area (Å²) in [7, 11) is 0. The molecule has 156 valence electrons. The van der Waals surface area contributed by atoms with Crippen LogP contribution < -0.4 is 14.8 Å². The van der Waals surface area contributed by atoms with Crippen molar-refractivity contribution in [3.63, 3.8) is 0 Å². The zero-order chi connectivity index (χ0) is 20.9. The molecule has 0 aromatic heterocycles. The maximum absolute atomic E-state index is 10.6. The average Bonchev–Trinajstić information content (AvgIpc) is 3.58. The highest BCUT2D eigenvalue weighted by Gasteiger charge is 2.22. The third kappa shape index (κ3) is 5.62. The van der Waals surface area contributed by atoms with Crippen LogP contribution in [0.4, 0.5) is 0 Å². The van der Waals surface area contributed by atoms with Gasteiger partial charge in [-0.25, -0.2) is 0 Å². The Balaban J connectivity index is 1.53. The van der Waals surface area contributed by atoms with Gasteiger partial charge in [0, 0.05) is 18.2 Å². The van der Waals surface area contributed by atoms with Crippen molar-refractivity contribution in [3.05, 3.63) is 89.0 Å². The first kappa shape index (κ1) is 20.5. The van der Waals surface area contributed by atoms with Crippen LogP contribution in [0.5, 0.6) is 17.2 Å². The second-order valence-corrected chi connectivity index (χ2v) is 8.08. The van der Waals surface area contributed by atoms with Crippen LogP contribution in [-0.2, 0) is 6.61 Å². The summed E-state index contributed by atoms with van der Waals surface area (Å²) in [6.07, 6.45) is 1.84. The topological polar surface area (TPSA) is 50.7 Å². The first-order chi connectivity index (χ1) is 14.6. The maximum Gasteiger partial charge on any atom is 0.134 e. The van der Waals surface area contributed by atoms with E-state index in [0.29, 0.717) is 19.2 Å². The second-order valence-electron chi connectivity index (χ2n) is 8.08. The van der Waals surface area contributed by atoms with E-state index >= 15 is 0 Å². The molecular formula is C26H29NO3. The molecular weight excluding hydrogens is 374 g/mol. The minimum atomic E-state index is -0.558. The van der Waals surface area contributed by atoms with Gasteiger partial charge in [0.15, 0.2) is 0 Å². The Kier molecular flexibility index (Phi) is 6.36. The first-order valence-electron chi connectivity index (χ1n) is 10.5. The van der Waals surface area contributed by atoms with Gasteiger partial charge in [0.2, 0.25) is 0 Å². The second kappa shape index (κ2) is 9.33. The number of aryl methyl sites for hydroxylation is 2. The SMILES string of the molecule is Cc1ccc(OCc2cc(C(O)CNC3CC3)ccc2Oc2ccc(C)cc2)cc1. The highest BCUT2D eigenvalue weighted by atomic mass is 16.5. The molecule has 0 bridgehead atoms. The molecule has 3 aromatic rings. The van der Waals surface area contributed by atoms with E-state index in [9.17, 15) is 5.11 Å². The summed E-state index contributed by atoms with van der Waals surface area (Å²) < 4.78 is 12.1. The molecule has 0 spiro atoms. The fraction of sp³-hybridized carbons (Fsp3) is 0.308. The zero-order valence-electron chi connectivity index (χ0n) is 17.6. The van der Waals surface area contributed by atoms with Gasteiger partial charge in [-0.15, -0.1) is 0 Å². The van der Waals surface area contributed by atoms with E-state index < -0.39 is 6.10 Å². The van der Waals surface area contributed by atoms with E-state index in [1.54, 1.807) is 0 Å². The Labute approximate surface area is 178 Å². The number of aliphatic hydroxyl groups is 1. The Morgan fingerprint density at radius 2 is 1.53 bits per heavy atom. The lowest BCUT2D eigenvalue weighted by atomic mass is 10.0. The van der Waals surface area contributed by atoms with Crippen molar-refractivity contribution in [1.82, 2.24) is 5.32 Å². The van der Waals surface area contributed by atoms with Crippen LogP contribution in [0.2, 0.25) is 0 Å². The predicted molar refractivity (Wildman–Crippen MR) is 119 cm³/mol. The van der Waals surface area contributed by atoms with Crippen molar-refractivity contribution in [2.45, 2.75) is 45.4 Å². The molecule has 1 saturated carbocycles. The van der Waals surface area contributed by atoms with E-state index in [1.165, 1.54) is 24.0 Å². The summed E-state index contributed by atoms with van der Waals surface area (Å²) in [6, 6.07) is 22.4. The Morgan fingerprint density at radius 1 is 0.900 bits per heavy atom. The Hall–Kier alpha value is -2.82. The molecule has 1 atom stereocenters. The summed E-state index contributed by atoms with van der Waals surface area (Å²) >= 11 is 0. The molecule has 1 fully saturated rings. The van der Waals surface area contributed by atoms with Gasteiger partial charge >= 0.3 is 0 Å². The minimum Gasteiger partial charge on any atom is -0.489 e. The van der Waals surface area contributed by atoms with Gasteiger partial charge < -0.3 is 19.9 Å². The fourth-order valence-corrected chi connectivity index (χ4v) is 3.23. The molecule has 4 heteroatoms. The van der Waals surface area contributed by atoms with Gasteiger partial charge in [-0.2, -0.15) is 0 Å². The number of hydrogen-bond donors (Lipinski definition) is 2. The molecule has 0 aliphatic heterocycles. The van der Waals surface area contributed by atoms with Crippen LogP contribution in [0.1, 0.15) is 41.2 Å². The van der Waals surface area contributed by atoms with Gasteiger partial charge in [-0.3, -0.25) is 0 Å². The minimum absolute atomic E-state index is 0.362. The quantitative estimate of drug-likeness (QED) is 0.498. The lowest BCUT2D eigenvalue weighted by Gasteiger charge is -2.17. The van der Waals surface area contributed by atoms with E-state index in [2.05, 4.69) is 19.2 Å². The van der Waals surface area contributed by atoms with E-state index in [1.807, 2.05) is 66.7 Å². The summed E-state index contributed by atoms with van der Waals surface area (Å²) in [4.78, 5) is 0. The van der Waals surface area contributed by atoms with Crippen molar-refractivity contribution in [1.29, 1.82) is 0 Å². The number of rotatable bonds is 9. The number of ether oxygens (including phenoxy) is 2. The van der Waals surface area contributed by atoms with E-state index in [4.69, 9.17) is 9.47 Å². The molecule has 0 saturated heterocycles. The van der Waals surface area contributed by atoms with Crippen LogP contribution in [0.15, 0.2) is 66.7 Å². The number of aliphatic hydroxyl groups excluding tert-OH is 1. The van der Waals surface area contributed by atoms with Crippen LogP contribution in [0.3, 0.4) is 0 Å². The highest BCUT2D eigenvalue weighted by molar-refractivity contribution is 5.42. The monoisotopic (exact) mass is 403 g/mol. The number of benzene rings is 3. The first-order valence-corrected chi connectivity index (χ1v) is 10.5. The maximum atomic E-state index is 10.6. The van der Waals surface area contributed by atoms with Crippen LogP contribution in [-0.4, -0.2) is 17.7 Å². The van der Waals surface area contributed by atoms with E-state index in [-0.39, 0.29) is 0 Å². The van der Waals surface area contributed by atoms with Gasteiger partial charge in [0.25, 0.3) is 0 Å². The average molecular weight is 404 g/mol. The number of nitrogens with one attached hydrogen (secondary N) is 1. The van der Waals surface area contributed by atoms with Gasteiger partial charge in [-0.05, 0) is 68.7 Å². The molecule has 4 nitrogen and oxygen atoms in total. The van der Waals surface area contributed by atoms with Crippen LogP contribution >= 0.6 is 0 Å². The highest BCUT2D eigenvalue weighted by Crippen LogP contribution is 2.30. The lowest BCUT2D eigenvalue weighted by molar-refractivity contribution is 0.174. The molecule has 30 heavy (non-hydrogen) atoms. The predicted octanol–water partition coefficient (Wildman–Crippen LogP) is 5.46. The molecule has 2 N–H and O–H groups in total. The van der Waals surface area contributed by atoms with Gasteiger partial charge in [0.1, 0.15) is 23.9 Å². The fourth-order valence-electron chi connectivity index (χ4n) is 3.23. The Bertz CT molecular complexity index is 963. The number of hydrogen-bond acceptors (Lipinski definition) is 4. The third-order valence-corrected chi connectivity index (χ3v) is 5.31. The smallest absolute Gasteiger partial charge is 0.134 e. The summed E-state index contributed by atoms with van der Waals surface area (Å²) in [6.45, 7) is 5.02. The van der Waals surface area contributed by atoms with E-state index in [0.717, 1.165) is 28.4 Å². The van der Waals surface area contributed by atoms with Crippen LogP contribution in [0, 0.1) is 13.8 Å². The Morgan fingerprint density at radius 3 is 2.17 bits per heavy atom. The largest absolute Gasteiger partial charge is 0.489 e. The molecule has 1 unspecified atom stereocenters. The van der Waals surface area contributed by atoms with Gasteiger partial charge in [-0.1, -0.05) is 41.5 Å². The molecule has 4 rings (SSSR count). The molecule has 0 radical (unpaired) electrons. The van der Waals surface area contributed by atoms with Crippen molar-refractivity contribution in [2.24, 2.45) is 0 Å². The van der Waals surface area contributed by atoms with Crippen molar-refractivity contribution in [2.75, 3.05) is 6.54 Å². The molecule has 3 aromatic carbocycles. The summed E-state index contributed by atoms with van der Waals surface area (Å²) in [5.41, 5.74) is 4.15. The molecule has 0 heterocycles. The zero-order valence-corrected chi connectivity index (χ0v) is 17.6. The summed E-state index contributed by atoms with van der Waals surface area (Å²) in [5.74, 6) is 2.32. The van der Waals surface area contributed by atoms with Crippen molar-refractivity contribution >= 4 is 0 Å². The lowest BCUT2D eigenvalue weighted by Crippen LogP contribution is -2.23. The molecule has 0 amide bonds.